The summed E-state index contributed by atoms with van der Waals surface area (Å²) in [5.41, 5.74) is 0. The fraction of sp³-hybridized carbons (Fsp3) is 0.500. The van der Waals surface area contributed by atoms with Gasteiger partial charge in [0.15, 0.2) is 6.10 Å². The lowest BCUT2D eigenvalue weighted by atomic mass is 10.4. The van der Waals surface area contributed by atoms with E-state index in [0.29, 0.717) is 0 Å². The first-order valence-electron chi connectivity index (χ1n) is 2.60. The Kier molecular flexibility index (Phi) is 4.29. The Labute approximate surface area is 58.4 Å². The Morgan fingerprint density at radius 1 is 1.80 bits per heavy atom. The van der Waals surface area contributed by atoms with Crippen molar-refractivity contribution in [1.29, 1.82) is 0 Å². The molecule has 56 valence electrons. The first-order valence-corrected chi connectivity index (χ1v) is 2.60. The summed E-state index contributed by atoms with van der Waals surface area (Å²) in [7, 11) is 0. The van der Waals surface area contributed by atoms with Crippen LogP contribution in [-0.4, -0.2) is 35.5 Å². The summed E-state index contributed by atoms with van der Waals surface area (Å²) in [5.74, 6) is 0.827. The molecule has 0 fully saturated rings. The summed E-state index contributed by atoms with van der Waals surface area (Å²) in [6, 6.07) is 0. The van der Waals surface area contributed by atoms with Crippen LogP contribution < -0.4 is 0 Å². The lowest BCUT2D eigenvalue weighted by molar-refractivity contribution is -0.149. The number of carbonyl (C=O) groups is 1. The molecule has 0 aliphatic rings. The van der Waals surface area contributed by atoms with Crippen LogP contribution in [0.25, 0.3) is 0 Å². The Hall–Kier alpha value is -1.05. The van der Waals surface area contributed by atoms with Crippen LogP contribution >= 0.6 is 0 Å². The molecule has 0 aliphatic heterocycles. The lowest BCUT2D eigenvalue weighted by Crippen LogP contribution is -2.25. The predicted octanol–water partition coefficient (Wildman–Crippen LogP) is -0.918. The highest BCUT2D eigenvalue weighted by molar-refractivity contribution is 5.71. The number of carboxylic acids is 1. The van der Waals surface area contributed by atoms with Gasteiger partial charge in [-0.3, -0.25) is 0 Å². The minimum Gasteiger partial charge on any atom is -0.479 e. The molecule has 0 spiro atoms. The number of carboxylic acid groups (broad SMARTS) is 1. The van der Waals surface area contributed by atoms with Gasteiger partial charge >= 0.3 is 5.97 Å². The normalized spacial score (nSPS) is 12.0. The van der Waals surface area contributed by atoms with E-state index in [4.69, 9.17) is 16.6 Å². The number of ether oxygens (including phenoxy) is 1. The molecule has 0 aromatic rings. The molecule has 10 heavy (non-hydrogen) atoms. The van der Waals surface area contributed by atoms with Crippen LogP contribution in [0.2, 0.25) is 0 Å². The van der Waals surface area contributed by atoms with Crippen molar-refractivity contribution in [2.45, 2.75) is 6.10 Å². The van der Waals surface area contributed by atoms with Gasteiger partial charge in [-0.05, 0) is 0 Å². The van der Waals surface area contributed by atoms with Crippen molar-refractivity contribution >= 4 is 5.97 Å². The average Bonchev–Trinajstić information content (AvgIpc) is 1.88. The number of aliphatic hydroxyl groups excluding tert-OH is 1. The van der Waals surface area contributed by atoms with Gasteiger partial charge < -0.3 is 14.9 Å². The van der Waals surface area contributed by atoms with E-state index in [1.165, 1.54) is 0 Å². The van der Waals surface area contributed by atoms with E-state index in [2.05, 4.69) is 10.7 Å². The van der Waals surface area contributed by atoms with Crippen molar-refractivity contribution in [3.63, 3.8) is 0 Å². The Morgan fingerprint density at radius 3 is 2.80 bits per heavy atom. The summed E-state index contributed by atoms with van der Waals surface area (Å²) in [4.78, 5) is 9.91. The molecule has 4 nitrogen and oxygen atoms in total. The van der Waals surface area contributed by atoms with Gasteiger partial charge in [0.1, 0.15) is 6.61 Å². The van der Waals surface area contributed by atoms with Gasteiger partial charge in [0.25, 0.3) is 0 Å². The Balaban J connectivity index is 3.32. The highest BCUT2D eigenvalue weighted by atomic mass is 16.5. The van der Waals surface area contributed by atoms with Crippen LogP contribution in [0.1, 0.15) is 0 Å². The zero-order chi connectivity index (χ0) is 7.98. The molecule has 1 unspecified atom stereocenters. The van der Waals surface area contributed by atoms with Crippen molar-refractivity contribution in [2.75, 3.05) is 13.2 Å². The molecular formula is C6H8O4. The molecule has 0 radical (unpaired) electrons. The standard InChI is InChI=1S/C6H8O4/c1-2-3-10-4-5(7)6(8)9/h1,5,7H,3-4H2,(H,8,9). The Bertz CT molecular complexity index is 146. The molecule has 0 aliphatic carbocycles. The number of hydrogen-bond acceptors (Lipinski definition) is 3. The first kappa shape index (κ1) is 8.95. The van der Waals surface area contributed by atoms with Gasteiger partial charge in [-0.1, -0.05) is 5.92 Å². The molecule has 0 saturated carbocycles. The zero-order valence-electron chi connectivity index (χ0n) is 5.28. The van der Waals surface area contributed by atoms with Crippen LogP contribution in [0.5, 0.6) is 0 Å². The van der Waals surface area contributed by atoms with E-state index < -0.39 is 12.1 Å². The molecule has 0 saturated heterocycles. The second kappa shape index (κ2) is 4.79. The molecule has 4 heteroatoms. The number of terminal acetylenes is 1. The van der Waals surface area contributed by atoms with Crippen molar-refractivity contribution < 1.29 is 19.7 Å². The van der Waals surface area contributed by atoms with Crippen molar-refractivity contribution in [3.8, 4) is 12.3 Å². The maximum atomic E-state index is 9.91. The third-order valence-corrected chi connectivity index (χ3v) is 0.746. The van der Waals surface area contributed by atoms with Gasteiger partial charge in [0, 0.05) is 0 Å². The topological polar surface area (TPSA) is 66.8 Å². The molecule has 0 bridgehead atoms. The number of aliphatic carboxylic acids is 1. The zero-order valence-corrected chi connectivity index (χ0v) is 5.28. The summed E-state index contributed by atoms with van der Waals surface area (Å²) in [6.07, 6.45) is 3.31. The summed E-state index contributed by atoms with van der Waals surface area (Å²) in [5, 5.41) is 16.7. The van der Waals surface area contributed by atoms with Gasteiger partial charge in [0.2, 0.25) is 0 Å². The molecular weight excluding hydrogens is 136 g/mol. The highest BCUT2D eigenvalue weighted by Gasteiger charge is 2.11. The van der Waals surface area contributed by atoms with Crippen LogP contribution in [0.3, 0.4) is 0 Å². The molecule has 2 N–H and O–H groups in total. The van der Waals surface area contributed by atoms with E-state index in [0.717, 1.165) is 0 Å². The maximum Gasteiger partial charge on any atom is 0.334 e. The number of hydrogen-bond donors (Lipinski definition) is 2. The van der Waals surface area contributed by atoms with Gasteiger partial charge in [0.05, 0.1) is 6.61 Å². The third kappa shape index (κ3) is 3.89. The van der Waals surface area contributed by atoms with Gasteiger partial charge in [-0.2, -0.15) is 0 Å². The van der Waals surface area contributed by atoms with Crippen LogP contribution in [0.15, 0.2) is 0 Å². The van der Waals surface area contributed by atoms with Crippen LogP contribution in [-0.2, 0) is 9.53 Å². The van der Waals surface area contributed by atoms with Crippen molar-refractivity contribution in [2.24, 2.45) is 0 Å². The maximum absolute atomic E-state index is 9.91. The van der Waals surface area contributed by atoms with E-state index in [-0.39, 0.29) is 13.2 Å². The quantitative estimate of drug-likeness (QED) is 0.395. The van der Waals surface area contributed by atoms with Crippen LogP contribution in [0, 0.1) is 12.3 Å². The highest BCUT2D eigenvalue weighted by Crippen LogP contribution is 1.83. The monoisotopic (exact) mass is 144 g/mol. The van der Waals surface area contributed by atoms with Crippen LogP contribution in [0.4, 0.5) is 0 Å². The Morgan fingerprint density at radius 2 is 2.40 bits per heavy atom. The van der Waals surface area contributed by atoms with Crippen molar-refractivity contribution in [3.05, 3.63) is 0 Å². The van der Waals surface area contributed by atoms with Crippen molar-refractivity contribution in [1.82, 2.24) is 0 Å². The predicted molar refractivity (Wildman–Crippen MR) is 33.3 cm³/mol. The average molecular weight is 144 g/mol. The van der Waals surface area contributed by atoms with E-state index >= 15 is 0 Å². The molecule has 0 aromatic carbocycles. The van der Waals surface area contributed by atoms with E-state index in [1.54, 1.807) is 0 Å². The molecule has 0 heterocycles. The molecule has 0 aromatic heterocycles. The minimum absolute atomic E-state index is 0.0182. The summed E-state index contributed by atoms with van der Waals surface area (Å²) >= 11 is 0. The van der Waals surface area contributed by atoms with E-state index in [9.17, 15) is 4.79 Å². The number of rotatable bonds is 4. The smallest absolute Gasteiger partial charge is 0.334 e. The fourth-order valence-electron chi connectivity index (χ4n) is 0.301. The minimum atomic E-state index is -1.48. The molecule has 0 amide bonds. The van der Waals surface area contributed by atoms with Gasteiger partial charge in [-0.15, -0.1) is 6.42 Å². The fourth-order valence-corrected chi connectivity index (χ4v) is 0.301. The largest absolute Gasteiger partial charge is 0.479 e. The first-order chi connectivity index (χ1) is 4.68. The second-order valence-electron chi connectivity index (χ2n) is 1.57. The lowest BCUT2D eigenvalue weighted by Gasteiger charge is -2.02. The number of aliphatic hydroxyl groups is 1. The molecule has 1 atom stereocenters. The van der Waals surface area contributed by atoms with Gasteiger partial charge in [-0.25, -0.2) is 4.79 Å². The SMILES string of the molecule is C#CCOCC(O)C(=O)O. The summed E-state index contributed by atoms with van der Waals surface area (Å²) < 4.78 is 4.54. The summed E-state index contributed by atoms with van der Waals surface area (Å²) in [6.45, 7) is -0.246. The van der Waals surface area contributed by atoms with E-state index in [1.807, 2.05) is 0 Å². The molecule has 0 rings (SSSR count). The second-order valence-corrected chi connectivity index (χ2v) is 1.57. The third-order valence-electron chi connectivity index (χ3n) is 0.746.